The van der Waals surface area contributed by atoms with Gasteiger partial charge in [0.25, 0.3) is 0 Å². The fourth-order valence-corrected chi connectivity index (χ4v) is 11.6. The van der Waals surface area contributed by atoms with E-state index >= 15 is 0 Å². The topological polar surface area (TPSA) is 614 Å². The molecule has 1 aliphatic carbocycles. The van der Waals surface area contributed by atoms with Crippen molar-refractivity contribution >= 4 is 17.7 Å². The van der Waals surface area contributed by atoms with Gasteiger partial charge in [0, 0.05) is 33.3 Å². The maximum atomic E-state index is 12.7. The number of amides is 3. The van der Waals surface area contributed by atoms with Gasteiger partial charge >= 0.3 is 0 Å². The fourth-order valence-electron chi connectivity index (χ4n) is 11.6. The van der Waals surface area contributed by atoms with Crippen LogP contribution in [0.5, 0.6) is 0 Å². The number of carbonyl (C=O) groups is 3. The van der Waals surface area contributed by atoms with E-state index in [4.69, 9.17) is 52.1 Å². The molecular formula is C50H87N3O35. The second-order valence-corrected chi connectivity index (χ2v) is 22.8. The van der Waals surface area contributed by atoms with Crippen LogP contribution < -0.4 is 16.0 Å². The summed E-state index contributed by atoms with van der Waals surface area (Å²) in [7, 11) is 0. The second kappa shape index (κ2) is 31.4. The molecular weight excluding hydrogens is 1200 g/mol. The van der Waals surface area contributed by atoms with E-state index in [1.165, 1.54) is 6.92 Å². The Morgan fingerprint density at radius 2 is 0.920 bits per heavy atom. The summed E-state index contributed by atoms with van der Waals surface area (Å²) in [5, 5.41) is 238. The molecule has 24 N–H and O–H groups in total. The van der Waals surface area contributed by atoms with Gasteiger partial charge in [-0.3, -0.25) is 14.4 Å². The zero-order chi connectivity index (χ0) is 65.8. The Morgan fingerprint density at radius 3 is 1.41 bits per heavy atom. The molecule has 20 unspecified atom stereocenters. The number of aliphatic hydroxyl groups is 21. The molecule has 0 aromatic rings. The van der Waals surface area contributed by atoms with Gasteiger partial charge in [0.1, 0.15) is 134 Å². The summed E-state index contributed by atoms with van der Waals surface area (Å²) in [6.45, 7) is -1.68. The van der Waals surface area contributed by atoms with Gasteiger partial charge < -0.3 is 175 Å². The molecule has 3 amide bonds. The molecule has 6 aliphatic rings. The van der Waals surface area contributed by atoms with Crippen LogP contribution in [0.1, 0.15) is 41.0 Å². The van der Waals surface area contributed by atoms with E-state index < -0.39 is 278 Å². The molecule has 5 heterocycles. The first-order valence-electron chi connectivity index (χ1n) is 28.2. The molecule has 5 saturated heterocycles. The molecule has 88 heavy (non-hydrogen) atoms. The van der Waals surface area contributed by atoms with Gasteiger partial charge in [-0.05, 0) is 20.3 Å². The number of carbonyl (C=O) groups excluding carboxylic acids is 3. The normalized spacial score (nSPS) is 45.2. The van der Waals surface area contributed by atoms with Gasteiger partial charge in [0.2, 0.25) is 17.7 Å². The number of hydrogen-bond acceptors (Lipinski definition) is 35. The molecule has 5 aliphatic heterocycles. The average molecular weight is 1290 g/mol. The van der Waals surface area contributed by atoms with Crippen LogP contribution in [-0.4, -0.2) is 373 Å². The van der Waals surface area contributed by atoms with E-state index in [0.29, 0.717) is 0 Å². The average Bonchev–Trinajstić information content (AvgIpc) is 0.726. The Hall–Kier alpha value is -2.87. The quantitative estimate of drug-likeness (QED) is 0.0340. The SMILES string of the molecule is CC(=O)NC1C(O)[C@H](O[C@@H]2OC(CO)[C@H](O)C(O)C2O)C(CO)O[C@H]1OC(C)(C(O)[C@H](O)CCO)[C@H](O)OCC1[C@@H](O)C(O[C@H]2OC(CO)[C@@H](O)C(O)C2O)C1(O)[C@@H](O)O[C@@H]1C(CO)O[C@@H](O[C@@H]2C(CO)O[C@@H](C)C(NC(C)=O)C2O)C(NC(C)=O)C1O. The van der Waals surface area contributed by atoms with Crippen LogP contribution in [0.4, 0.5) is 0 Å². The smallest absolute Gasteiger partial charge is 0.217 e. The number of nitrogens with one attached hydrogen (secondary N) is 3. The van der Waals surface area contributed by atoms with Crippen molar-refractivity contribution in [2.75, 3.05) is 46.2 Å². The molecule has 0 aromatic carbocycles. The lowest BCUT2D eigenvalue weighted by molar-refractivity contribution is -0.415. The van der Waals surface area contributed by atoms with Crippen molar-refractivity contribution in [1.82, 2.24) is 16.0 Å². The number of rotatable bonds is 27. The number of aliphatic hydroxyl groups excluding tert-OH is 20. The highest BCUT2D eigenvalue weighted by Crippen LogP contribution is 2.48. The van der Waals surface area contributed by atoms with Crippen LogP contribution in [0.2, 0.25) is 0 Å². The van der Waals surface area contributed by atoms with Gasteiger partial charge in [-0.15, -0.1) is 0 Å². The lowest BCUT2D eigenvalue weighted by Gasteiger charge is -2.58. The summed E-state index contributed by atoms with van der Waals surface area (Å²) in [5.74, 6) is -4.51. The van der Waals surface area contributed by atoms with Crippen LogP contribution in [0.3, 0.4) is 0 Å². The Labute approximate surface area is 501 Å². The molecule has 0 bridgehead atoms. The lowest BCUT2D eigenvalue weighted by Crippen LogP contribution is -2.79. The first kappa shape index (κ1) is 74.2. The minimum atomic E-state index is -3.24. The predicted octanol–water partition coefficient (Wildman–Crippen LogP) is -14.8. The van der Waals surface area contributed by atoms with Gasteiger partial charge in [-0.1, -0.05) is 0 Å². The third-order valence-electron chi connectivity index (χ3n) is 16.6. The third kappa shape index (κ3) is 15.5. The van der Waals surface area contributed by atoms with Crippen LogP contribution in [-0.2, 0) is 66.5 Å². The first-order chi connectivity index (χ1) is 41.3. The van der Waals surface area contributed by atoms with E-state index in [9.17, 15) is 122 Å². The molecule has 38 heteroatoms. The van der Waals surface area contributed by atoms with Gasteiger partial charge in [0.05, 0.1) is 64.0 Å². The van der Waals surface area contributed by atoms with Crippen LogP contribution in [0, 0.1) is 5.92 Å². The van der Waals surface area contributed by atoms with E-state index in [1.54, 1.807) is 0 Å². The first-order valence-corrected chi connectivity index (χ1v) is 28.2. The molecule has 0 radical (unpaired) electrons. The molecule has 34 atom stereocenters. The van der Waals surface area contributed by atoms with E-state index in [-0.39, 0.29) is 0 Å². The predicted molar refractivity (Wildman–Crippen MR) is 276 cm³/mol. The van der Waals surface area contributed by atoms with Crippen molar-refractivity contribution in [3.63, 3.8) is 0 Å². The Bertz CT molecular complexity index is 2220. The van der Waals surface area contributed by atoms with Crippen molar-refractivity contribution in [1.29, 1.82) is 0 Å². The minimum absolute atomic E-state index is 0.600. The zero-order valence-electron chi connectivity index (χ0n) is 48.2. The Balaban J connectivity index is 1.32. The molecule has 1 saturated carbocycles. The summed E-state index contributed by atoms with van der Waals surface area (Å²) in [6, 6.07) is -4.90. The highest BCUT2D eigenvalue weighted by molar-refractivity contribution is 5.74. The number of hydrogen-bond donors (Lipinski definition) is 24. The van der Waals surface area contributed by atoms with Crippen LogP contribution in [0.15, 0.2) is 0 Å². The van der Waals surface area contributed by atoms with Crippen LogP contribution >= 0.6 is 0 Å². The maximum Gasteiger partial charge on any atom is 0.217 e. The standard InChI is InChI=1S/C50H87N3O35/c1-14-25(51-15(2)60)31(67)38(22(10-57)79-14)84-43-26(52-16(3)61)32(68)40(24(12-59)82-43)86-48(76)50(77)18(28(64)42(50)87-46-37(73)35(71)30(66)21(9-56)81-46)13-78-47(75)49(5,41(74)19(63)6-7-54)88-44-27(53-17(4)62)33(69)39(23(11-58)83-44)85-45-36(72)34(70)29(65)20(8-55)80-45/h14,18-48,54-59,63-77H,6-13H2,1-5H3,(H,51,60)(H,52,61)(H,53,62)/t14-,18?,19+,20?,21?,22?,23?,24?,25?,26?,27?,28+,29-,30+,31?,32?,33?,34?,35?,36?,37?,38+,39+,40+,41?,42?,43-,44-,45-,46+,47+,48-,49?,50?/m0/s1. The summed E-state index contributed by atoms with van der Waals surface area (Å²) in [4.78, 5) is 37.4. The van der Waals surface area contributed by atoms with Crippen molar-refractivity contribution in [2.45, 2.75) is 242 Å². The van der Waals surface area contributed by atoms with E-state index in [2.05, 4.69) is 16.0 Å². The molecule has 38 nitrogen and oxygen atoms in total. The second-order valence-electron chi connectivity index (χ2n) is 22.8. The molecule has 0 spiro atoms. The zero-order valence-corrected chi connectivity index (χ0v) is 48.2. The molecule has 6 fully saturated rings. The van der Waals surface area contributed by atoms with Crippen molar-refractivity contribution in [3.8, 4) is 0 Å². The fraction of sp³-hybridized carbons (Fsp3) is 0.940. The maximum absolute atomic E-state index is 12.7. The molecule has 6 rings (SSSR count). The van der Waals surface area contributed by atoms with Crippen molar-refractivity contribution < 1.29 is 174 Å². The largest absolute Gasteiger partial charge is 0.396 e. The summed E-state index contributed by atoms with van der Waals surface area (Å²) in [5.41, 5.74) is -6.13. The monoisotopic (exact) mass is 1290 g/mol. The summed E-state index contributed by atoms with van der Waals surface area (Å²) < 4.78 is 63.4. The highest BCUT2D eigenvalue weighted by Gasteiger charge is 2.69. The minimum Gasteiger partial charge on any atom is -0.396 e. The van der Waals surface area contributed by atoms with Gasteiger partial charge in [-0.2, -0.15) is 0 Å². The molecule has 512 valence electrons. The van der Waals surface area contributed by atoms with E-state index in [0.717, 1.165) is 27.7 Å². The van der Waals surface area contributed by atoms with E-state index in [1.807, 2.05) is 0 Å². The van der Waals surface area contributed by atoms with Gasteiger partial charge in [-0.25, -0.2) is 0 Å². The van der Waals surface area contributed by atoms with Crippen LogP contribution in [0.25, 0.3) is 0 Å². The van der Waals surface area contributed by atoms with Crippen molar-refractivity contribution in [3.05, 3.63) is 0 Å². The Morgan fingerprint density at radius 1 is 0.511 bits per heavy atom. The highest BCUT2D eigenvalue weighted by atomic mass is 16.8. The Kier molecular flexibility index (Phi) is 26.4. The molecule has 0 aromatic heterocycles. The third-order valence-corrected chi connectivity index (χ3v) is 16.6. The summed E-state index contributed by atoms with van der Waals surface area (Å²) >= 11 is 0. The summed E-state index contributed by atoms with van der Waals surface area (Å²) in [6.07, 6.45) is -56.6. The lowest BCUT2D eigenvalue weighted by atomic mass is 9.63. The van der Waals surface area contributed by atoms with Gasteiger partial charge in [0.15, 0.2) is 43.3 Å². The number of ether oxygens (including phenoxy) is 11. The van der Waals surface area contributed by atoms with Crippen molar-refractivity contribution in [2.24, 2.45) is 5.92 Å².